The lowest BCUT2D eigenvalue weighted by molar-refractivity contribution is 0.660. The Bertz CT molecular complexity index is 10000. The minimum Gasteiger partial charge on any atom is -0.310 e. The van der Waals surface area contributed by atoms with E-state index in [0.29, 0.717) is 0 Å². The molecule has 2 aromatic heterocycles. The highest BCUT2D eigenvalue weighted by Gasteiger charge is 2.40. The zero-order valence-corrected chi connectivity index (χ0v) is 85.7. The molecule has 6 heteroatoms. The summed E-state index contributed by atoms with van der Waals surface area (Å²) in [5.74, 6) is 0. The van der Waals surface area contributed by atoms with Crippen LogP contribution in [0, 0.1) is 13.8 Å². The normalized spacial score (nSPS) is 12.7. The molecule has 0 spiro atoms. The Morgan fingerprint density at radius 1 is 0.153 bits per heavy atom. The summed E-state index contributed by atoms with van der Waals surface area (Å²) in [5, 5.41) is 22.9. The summed E-state index contributed by atoms with van der Waals surface area (Å²) in [5.41, 5.74) is 35.8. The van der Waals surface area contributed by atoms with Crippen LogP contribution in [0.2, 0.25) is 0 Å². The van der Waals surface area contributed by atoms with Crippen molar-refractivity contribution >= 4 is 207 Å². The van der Waals surface area contributed by atoms with Gasteiger partial charge in [-0.2, -0.15) is 0 Å². The van der Waals surface area contributed by atoms with Crippen molar-refractivity contribution in [2.45, 2.75) is 52.4 Å². The molecule has 25 aromatic carbocycles. The summed E-state index contributed by atoms with van der Waals surface area (Å²) in [6, 6.07) is 189. The fourth-order valence-electron chi connectivity index (χ4n) is 24.7. The van der Waals surface area contributed by atoms with E-state index in [1.54, 1.807) is 0 Å². The monoisotopic (exact) mass is 1950 g/mol. The summed E-state index contributed by atoms with van der Waals surface area (Å²) in [6.07, 6.45) is 0. The van der Waals surface area contributed by atoms with E-state index in [4.69, 9.17) is 0 Å². The van der Waals surface area contributed by atoms with Crippen molar-refractivity contribution in [3.05, 3.63) is 543 Å². The predicted molar refractivity (Wildman–Crippen MR) is 646 cm³/mol. The Balaban J connectivity index is 0.000000145. The number of nitrogens with zero attached hydrogens (tertiary/aromatic N) is 4. The molecule has 0 fully saturated rings. The van der Waals surface area contributed by atoms with E-state index >= 15 is 0 Å². The number of aryl methyl sites for hydroxylation is 2. The second-order valence-electron chi connectivity index (χ2n) is 41.4. The van der Waals surface area contributed by atoms with Crippen molar-refractivity contribution in [3.8, 4) is 66.8 Å². The van der Waals surface area contributed by atoms with Gasteiger partial charge in [-0.15, -0.1) is 22.7 Å². The summed E-state index contributed by atoms with van der Waals surface area (Å²) in [6.45, 7) is 14.1. The lowest BCUT2D eigenvalue weighted by Crippen LogP contribution is -2.18. The van der Waals surface area contributed by atoms with E-state index in [1.807, 2.05) is 22.7 Å². The Labute approximate surface area is 881 Å². The van der Waals surface area contributed by atoms with Crippen LogP contribution in [-0.2, 0) is 10.8 Å². The number of para-hydroxylation sites is 3. The van der Waals surface area contributed by atoms with Gasteiger partial charge < -0.3 is 19.6 Å². The maximum atomic E-state index is 2.49. The minimum atomic E-state index is -0.297. The average molecular weight is 1950 g/mol. The molecule has 2 aliphatic carbocycles. The van der Waals surface area contributed by atoms with Gasteiger partial charge in [0, 0.05) is 119 Å². The van der Waals surface area contributed by atoms with Crippen LogP contribution < -0.4 is 19.6 Å². The highest BCUT2D eigenvalue weighted by atomic mass is 32.1. The van der Waals surface area contributed by atoms with Crippen LogP contribution in [0.3, 0.4) is 0 Å². The van der Waals surface area contributed by atoms with Crippen molar-refractivity contribution < 1.29 is 0 Å². The summed E-state index contributed by atoms with van der Waals surface area (Å²) >= 11 is 3.73. The molecule has 4 nitrogen and oxygen atoms in total. The maximum absolute atomic E-state index is 2.49. The SMILES string of the molecule is CC1(C)c2cc(N(c3ccccc3)c3ccccc3)ccc2-c2ccc(N(c3ccc(-c4ccc(-c5ccc6sc7ccccc7c6c5)cc4)cc3)c3ccc4c5ccccc5c5ccccc5c4c3)cc21.Cc1cc(-c2ccc3sc4ccccc4c3c2)ccc1-c1ccc(N(c2ccc3c(c2)C(C)(C)c2cc(N(c4ccccc4)c4cccc5ccccc45)ccc2-3)c2ccc3c4ccccc4c4ccccc4c3c2)cc1C. The largest absolute Gasteiger partial charge is 0.310 e. The number of hydrogen-bond acceptors (Lipinski definition) is 6. The number of thiophene rings is 2. The Hall–Kier alpha value is -18.0. The van der Waals surface area contributed by atoms with Crippen molar-refractivity contribution in [2.24, 2.45) is 0 Å². The molecule has 0 atom stereocenters. The Morgan fingerprint density at radius 2 is 0.407 bits per heavy atom. The van der Waals surface area contributed by atoms with Crippen molar-refractivity contribution in [2.75, 3.05) is 19.6 Å². The third-order valence-corrected chi connectivity index (χ3v) is 34.4. The molecule has 0 bridgehead atoms. The van der Waals surface area contributed by atoms with Crippen LogP contribution in [-0.4, -0.2) is 0 Å². The molecule has 0 N–H and O–H groups in total. The molecule has 0 aliphatic heterocycles. The van der Waals surface area contributed by atoms with E-state index in [0.717, 1.165) is 68.2 Å². The minimum absolute atomic E-state index is 0.265. The molecule has 0 amide bonds. The smallest absolute Gasteiger partial charge is 0.0540 e. The van der Waals surface area contributed by atoms with Crippen LogP contribution in [0.5, 0.6) is 0 Å². The fourth-order valence-corrected chi connectivity index (χ4v) is 26.8. The quantitative estimate of drug-likeness (QED) is 0.0894. The van der Waals surface area contributed by atoms with E-state index in [1.165, 1.54) is 216 Å². The number of benzene rings is 25. The van der Waals surface area contributed by atoms with E-state index in [9.17, 15) is 0 Å². The number of rotatable bonds is 16. The lowest BCUT2D eigenvalue weighted by Gasteiger charge is -2.30. The van der Waals surface area contributed by atoms with Crippen LogP contribution >= 0.6 is 22.7 Å². The van der Waals surface area contributed by atoms with Gasteiger partial charge >= 0.3 is 0 Å². The van der Waals surface area contributed by atoms with Gasteiger partial charge in [0.15, 0.2) is 0 Å². The van der Waals surface area contributed by atoms with Gasteiger partial charge in [0.2, 0.25) is 0 Å². The first kappa shape index (κ1) is 89.6. The number of hydrogen-bond donors (Lipinski definition) is 0. The first-order valence-electron chi connectivity index (χ1n) is 52.0. The van der Waals surface area contributed by atoms with E-state index in [-0.39, 0.29) is 10.8 Å². The molecule has 0 saturated carbocycles. The molecule has 0 unspecified atom stereocenters. The van der Waals surface area contributed by atoms with Crippen molar-refractivity contribution in [3.63, 3.8) is 0 Å². The van der Waals surface area contributed by atoms with Gasteiger partial charge in [-0.05, 0) is 360 Å². The molecule has 150 heavy (non-hydrogen) atoms. The third-order valence-electron chi connectivity index (χ3n) is 32.1. The predicted octanol–water partition coefficient (Wildman–Crippen LogP) is 42.0. The van der Waals surface area contributed by atoms with Gasteiger partial charge in [-0.25, -0.2) is 0 Å². The van der Waals surface area contributed by atoms with Crippen LogP contribution in [0.4, 0.5) is 68.2 Å². The zero-order chi connectivity index (χ0) is 100. The van der Waals surface area contributed by atoms with Gasteiger partial charge in [0.25, 0.3) is 0 Å². The zero-order valence-electron chi connectivity index (χ0n) is 84.1. The van der Waals surface area contributed by atoms with Crippen LogP contribution in [0.15, 0.2) is 510 Å². The molecule has 0 saturated heterocycles. The summed E-state index contributed by atoms with van der Waals surface area (Å²) < 4.78 is 5.32. The van der Waals surface area contributed by atoms with E-state index < -0.39 is 0 Å². The average Bonchev–Trinajstić information content (AvgIpc) is 1.54. The second kappa shape index (κ2) is 36.0. The molecular weight excluding hydrogens is 1850 g/mol. The van der Waals surface area contributed by atoms with Crippen LogP contribution in [0.25, 0.3) is 183 Å². The molecular formula is C144H102N4S2. The lowest BCUT2D eigenvalue weighted by atomic mass is 9.82. The van der Waals surface area contributed by atoms with E-state index in [2.05, 4.69) is 571 Å². The molecule has 0 radical (unpaired) electrons. The fraction of sp³-hybridized carbons (Fsp3) is 0.0556. The summed E-state index contributed by atoms with van der Waals surface area (Å²) in [4.78, 5) is 9.74. The standard InChI is InChI=1S/C75H54N2S.C69H48N2S/c1-47-41-50(51-30-40-74-69(43-51)67-26-14-15-28-73(67)78-74)29-35-57(47)58-36-31-53(42-48(58)2)76(54-32-37-64-62-24-11-10-22-60(62)61-23-12-13-25-63(61)68(64)44-54)55-33-38-65-66-39-34-56(46-71(66)75(3,4)70(65)45-55)77(52-19-6-5-7-20-52)72-27-16-18-49-17-8-9-21-59(49)72;1-69(2)65-43-53(70(49-15-5-3-6-16-49)50-17-7-4-8-18-50)35-38-60(65)61-39-36-54(44-66(61)69)71(52-34-37-59-57-21-10-9-19-55(57)56-20-11-12-22-58(56)63(59)42-52)51-32-29-46(30-33-51)45-25-27-47(28-26-45)48-31-40-68-64(41-48)62-23-13-14-24-67(62)72-68/h5-46H,1-4H3;3-44H,1-2H3. The molecule has 27 aromatic rings. The molecule has 2 aliphatic rings. The Morgan fingerprint density at radius 3 is 0.827 bits per heavy atom. The Kier molecular flexibility index (Phi) is 21.5. The van der Waals surface area contributed by atoms with Gasteiger partial charge in [-0.1, -0.05) is 361 Å². The number of fused-ring (bicyclic) bond motifs is 25. The van der Waals surface area contributed by atoms with Gasteiger partial charge in [0.1, 0.15) is 0 Å². The maximum Gasteiger partial charge on any atom is 0.0540 e. The van der Waals surface area contributed by atoms with Gasteiger partial charge in [-0.3, -0.25) is 0 Å². The van der Waals surface area contributed by atoms with Crippen molar-refractivity contribution in [1.82, 2.24) is 0 Å². The van der Waals surface area contributed by atoms with Gasteiger partial charge in [0.05, 0.1) is 5.69 Å². The molecule has 2 heterocycles. The topological polar surface area (TPSA) is 13.0 Å². The highest BCUT2D eigenvalue weighted by molar-refractivity contribution is 7.26. The molecule has 29 rings (SSSR count). The second-order valence-corrected chi connectivity index (χ2v) is 43.6. The highest BCUT2D eigenvalue weighted by Crippen LogP contribution is 2.58. The first-order valence-corrected chi connectivity index (χ1v) is 53.7. The first-order chi connectivity index (χ1) is 73.7. The third kappa shape index (κ3) is 15.0. The summed E-state index contributed by atoms with van der Waals surface area (Å²) in [7, 11) is 0. The number of anilines is 12. The van der Waals surface area contributed by atoms with Crippen molar-refractivity contribution in [1.29, 1.82) is 0 Å². The molecule has 710 valence electrons. The van der Waals surface area contributed by atoms with Crippen LogP contribution in [0.1, 0.15) is 61.1 Å².